The van der Waals surface area contributed by atoms with Crippen LogP contribution < -0.4 is 5.32 Å². The molecule has 2 saturated heterocycles. The first kappa shape index (κ1) is 20.2. The van der Waals surface area contributed by atoms with Crippen LogP contribution in [0.4, 0.5) is 4.79 Å². The molecule has 2 heterocycles. The summed E-state index contributed by atoms with van der Waals surface area (Å²) in [6.07, 6.45) is 0.0285. The minimum atomic E-state index is -1.54. The number of carbonyl (C=O) groups excluding carboxylic acids is 3. The van der Waals surface area contributed by atoms with Crippen molar-refractivity contribution in [1.29, 1.82) is 0 Å². The van der Waals surface area contributed by atoms with Crippen molar-refractivity contribution in [2.45, 2.75) is 64.1 Å². The summed E-state index contributed by atoms with van der Waals surface area (Å²) in [5.41, 5.74) is -2.29. The van der Waals surface area contributed by atoms with E-state index in [2.05, 4.69) is 5.32 Å². The standard InChI is InChI=1S/C17H27N3O6/c1-5-7-20-12(21)9-11(13(20)22)19-8-6-17(10-19,14(23)24)18-15(25)26-16(2,3)4/h11H,5-10H2,1-4H3,(H,18,25)(H,23,24). The molecule has 0 bridgehead atoms. The van der Waals surface area contributed by atoms with Gasteiger partial charge in [-0.05, 0) is 33.6 Å². The summed E-state index contributed by atoms with van der Waals surface area (Å²) in [7, 11) is 0. The predicted octanol–water partition coefficient (Wildman–Crippen LogP) is 0.578. The van der Waals surface area contributed by atoms with Crippen LogP contribution in [-0.4, -0.2) is 75.6 Å². The third-order valence-corrected chi connectivity index (χ3v) is 4.56. The lowest BCUT2D eigenvalue weighted by molar-refractivity contribution is -0.145. The number of hydrogen-bond donors (Lipinski definition) is 2. The normalized spacial score (nSPS) is 27.1. The van der Waals surface area contributed by atoms with E-state index in [4.69, 9.17) is 4.74 Å². The molecule has 9 heteroatoms. The zero-order chi connectivity index (χ0) is 19.7. The number of rotatable bonds is 5. The molecule has 0 aromatic carbocycles. The first-order valence-corrected chi connectivity index (χ1v) is 8.82. The summed E-state index contributed by atoms with van der Waals surface area (Å²) in [5, 5.41) is 12.1. The van der Waals surface area contributed by atoms with Gasteiger partial charge in [0.1, 0.15) is 5.60 Å². The van der Waals surface area contributed by atoms with E-state index in [0.717, 1.165) is 0 Å². The Kier molecular flexibility index (Phi) is 5.60. The minimum absolute atomic E-state index is 0.0426. The van der Waals surface area contributed by atoms with E-state index in [0.29, 0.717) is 19.5 Å². The first-order chi connectivity index (χ1) is 12.0. The number of imide groups is 1. The lowest BCUT2D eigenvalue weighted by Crippen LogP contribution is -2.58. The van der Waals surface area contributed by atoms with Crippen LogP contribution in [0.3, 0.4) is 0 Å². The van der Waals surface area contributed by atoms with Crippen molar-refractivity contribution in [3.8, 4) is 0 Å². The van der Waals surface area contributed by atoms with Crippen molar-refractivity contribution in [2.24, 2.45) is 0 Å². The van der Waals surface area contributed by atoms with Crippen molar-refractivity contribution in [1.82, 2.24) is 15.1 Å². The topological polar surface area (TPSA) is 116 Å². The Bertz CT molecular complexity index is 614. The van der Waals surface area contributed by atoms with E-state index < -0.39 is 29.2 Å². The molecule has 0 aromatic heterocycles. The van der Waals surface area contributed by atoms with E-state index in [9.17, 15) is 24.3 Å². The van der Waals surface area contributed by atoms with Gasteiger partial charge < -0.3 is 15.2 Å². The largest absolute Gasteiger partial charge is 0.479 e. The molecule has 0 saturated carbocycles. The molecule has 3 amide bonds. The van der Waals surface area contributed by atoms with Crippen LogP contribution >= 0.6 is 0 Å². The molecule has 2 aliphatic heterocycles. The van der Waals surface area contributed by atoms with Gasteiger partial charge >= 0.3 is 12.1 Å². The van der Waals surface area contributed by atoms with Crippen LogP contribution in [0.25, 0.3) is 0 Å². The SMILES string of the molecule is CCCN1C(=O)CC(N2CCC(NC(=O)OC(C)(C)C)(C(=O)O)C2)C1=O. The number of ether oxygens (including phenoxy) is 1. The van der Waals surface area contributed by atoms with E-state index >= 15 is 0 Å². The van der Waals surface area contributed by atoms with Crippen LogP contribution in [0.1, 0.15) is 47.0 Å². The molecule has 2 atom stereocenters. The van der Waals surface area contributed by atoms with Crippen LogP contribution in [0.15, 0.2) is 0 Å². The van der Waals surface area contributed by atoms with Gasteiger partial charge in [0, 0.05) is 19.6 Å². The zero-order valence-electron chi connectivity index (χ0n) is 15.7. The molecule has 0 aromatic rings. The van der Waals surface area contributed by atoms with Crippen molar-refractivity contribution >= 4 is 23.9 Å². The molecule has 2 fully saturated rings. The molecule has 2 unspecified atom stereocenters. The number of carboxylic acids is 1. The average Bonchev–Trinajstić information content (AvgIpc) is 3.03. The van der Waals surface area contributed by atoms with E-state index in [1.807, 2.05) is 6.92 Å². The molecular weight excluding hydrogens is 342 g/mol. The van der Waals surface area contributed by atoms with E-state index in [1.54, 1.807) is 25.7 Å². The van der Waals surface area contributed by atoms with Crippen molar-refractivity contribution < 1.29 is 29.0 Å². The minimum Gasteiger partial charge on any atom is -0.479 e. The van der Waals surface area contributed by atoms with Gasteiger partial charge in [-0.3, -0.25) is 19.4 Å². The third-order valence-electron chi connectivity index (χ3n) is 4.56. The van der Waals surface area contributed by atoms with Gasteiger partial charge in [-0.2, -0.15) is 0 Å². The molecule has 26 heavy (non-hydrogen) atoms. The van der Waals surface area contributed by atoms with Crippen LogP contribution in [0.5, 0.6) is 0 Å². The van der Waals surface area contributed by atoms with Crippen molar-refractivity contribution in [3.63, 3.8) is 0 Å². The van der Waals surface area contributed by atoms with Crippen molar-refractivity contribution in [2.75, 3.05) is 19.6 Å². The quantitative estimate of drug-likeness (QED) is 0.681. The molecule has 2 N–H and O–H groups in total. The van der Waals surface area contributed by atoms with Gasteiger partial charge in [-0.15, -0.1) is 0 Å². The van der Waals surface area contributed by atoms with Gasteiger partial charge in [-0.1, -0.05) is 6.92 Å². The number of likely N-dealkylation sites (tertiary alicyclic amines) is 2. The molecular formula is C17H27N3O6. The van der Waals surface area contributed by atoms with Gasteiger partial charge in [0.05, 0.1) is 12.5 Å². The number of carbonyl (C=O) groups is 4. The Labute approximate surface area is 152 Å². The lowest BCUT2D eigenvalue weighted by atomic mass is 9.99. The smallest absolute Gasteiger partial charge is 0.408 e. The number of amides is 3. The van der Waals surface area contributed by atoms with E-state index in [-0.39, 0.29) is 31.2 Å². The van der Waals surface area contributed by atoms with Crippen LogP contribution in [-0.2, 0) is 19.1 Å². The fourth-order valence-electron chi connectivity index (χ4n) is 3.34. The summed E-state index contributed by atoms with van der Waals surface area (Å²) in [6, 6.07) is -0.671. The molecule has 0 aliphatic carbocycles. The number of nitrogens with zero attached hydrogens (tertiary/aromatic N) is 2. The Morgan fingerprint density at radius 2 is 2.00 bits per heavy atom. The summed E-state index contributed by atoms with van der Waals surface area (Å²) in [5.74, 6) is -1.72. The van der Waals surface area contributed by atoms with Gasteiger partial charge in [0.2, 0.25) is 11.8 Å². The van der Waals surface area contributed by atoms with Gasteiger partial charge in [-0.25, -0.2) is 9.59 Å². The highest BCUT2D eigenvalue weighted by molar-refractivity contribution is 6.05. The maximum absolute atomic E-state index is 12.5. The Morgan fingerprint density at radius 1 is 1.35 bits per heavy atom. The molecule has 9 nitrogen and oxygen atoms in total. The number of hydrogen-bond acceptors (Lipinski definition) is 6. The van der Waals surface area contributed by atoms with Gasteiger partial charge in [0.15, 0.2) is 5.54 Å². The monoisotopic (exact) mass is 369 g/mol. The molecule has 2 rings (SSSR count). The second kappa shape index (κ2) is 7.22. The van der Waals surface area contributed by atoms with Crippen LogP contribution in [0.2, 0.25) is 0 Å². The predicted molar refractivity (Wildman–Crippen MR) is 91.3 cm³/mol. The zero-order valence-corrected chi connectivity index (χ0v) is 15.7. The lowest BCUT2D eigenvalue weighted by Gasteiger charge is -2.29. The Morgan fingerprint density at radius 3 is 2.54 bits per heavy atom. The summed E-state index contributed by atoms with van der Waals surface area (Å²) >= 11 is 0. The van der Waals surface area contributed by atoms with E-state index in [1.165, 1.54) is 4.90 Å². The second-order valence-electron chi connectivity index (χ2n) is 7.84. The highest BCUT2D eigenvalue weighted by Gasteiger charge is 2.52. The number of nitrogens with one attached hydrogen (secondary N) is 1. The highest BCUT2D eigenvalue weighted by atomic mass is 16.6. The summed E-state index contributed by atoms with van der Waals surface area (Å²) in [4.78, 5) is 51.3. The molecule has 146 valence electrons. The third kappa shape index (κ3) is 4.14. The highest BCUT2D eigenvalue weighted by Crippen LogP contribution is 2.29. The molecule has 2 aliphatic rings. The number of alkyl carbamates (subject to hydrolysis) is 1. The Balaban J connectivity index is 2.10. The second-order valence-corrected chi connectivity index (χ2v) is 7.84. The maximum Gasteiger partial charge on any atom is 0.408 e. The fraction of sp³-hybridized carbons (Fsp3) is 0.765. The number of aliphatic carboxylic acids is 1. The van der Waals surface area contributed by atoms with Gasteiger partial charge in [0.25, 0.3) is 0 Å². The molecule has 0 spiro atoms. The average molecular weight is 369 g/mol. The Hall–Kier alpha value is -2.16. The molecule has 0 radical (unpaired) electrons. The number of carboxylic acid groups (broad SMARTS) is 1. The summed E-state index contributed by atoms with van der Waals surface area (Å²) in [6.45, 7) is 7.55. The fourth-order valence-corrected chi connectivity index (χ4v) is 3.34. The first-order valence-electron chi connectivity index (χ1n) is 8.82. The van der Waals surface area contributed by atoms with Crippen LogP contribution in [0, 0.1) is 0 Å². The summed E-state index contributed by atoms with van der Waals surface area (Å²) < 4.78 is 5.16. The van der Waals surface area contributed by atoms with Crippen molar-refractivity contribution in [3.05, 3.63) is 0 Å². The maximum atomic E-state index is 12.5.